The Morgan fingerprint density at radius 1 is 0.735 bits per heavy atom. The van der Waals surface area contributed by atoms with Gasteiger partial charge in [-0.2, -0.15) is 0 Å². The molecule has 24 heteroatoms. The zero-order valence-electron chi connectivity index (χ0n) is 26.2. The van der Waals surface area contributed by atoms with E-state index in [4.69, 9.17) is 33.2 Å². The quantitative estimate of drug-likeness (QED) is 0.0559. The third kappa shape index (κ3) is 10.8. The molecule has 3 aliphatic rings. The first-order chi connectivity index (χ1) is 22.1. The van der Waals surface area contributed by atoms with Gasteiger partial charge in [0.25, 0.3) is 0 Å². The van der Waals surface area contributed by atoms with E-state index < -0.39 is 122 Å². The van der Waals surface area contributed by atoms with Crippen molar-refractivity contribution in [3.05, 3.63) is 24.3 Å². The molecule has 268 valence electrons. The maximum absolute atomic E-state index is 11.4. The molecule has 0 unspecified atom stereocenters. The van der Waals surface area contributed by atoms with Crippen LogP contribution in [0, 0.1) is 0 Å². The smallest absolute Gasteiger partial charge is 0.726 e. The van der Waals surface area contributed by atoms with Crippen LogP contribution in [0.3, 0.4) is 0 Å². The summed E-state index contributed by atoms with van der Waals surface area (Å²) in [5.41, 5.74) is 0. The number of carboxylic acids is 1. The standard InChI is InChI=1S/C25H36O21S.2Na/c1-39-8-2-4-9(5-3-8)41-24-17(32)20(13(28)11(43-24)7-40-47(36,37)38)45-25-18(33)19(12(27)10(6-26)42-25)44-23-16(31)14(29)15(30)21(46-23)22(34)35;;/h2-5,10-21,23-33H,6-7H2,1H3,(H,34,35)(H,36,37,38);;/q;2*+1/p-2/t10-,11-,12+,13+,14+,15+,16-,17-,18-,19+,20+,21+,23-,24-,25+;;/m1../s1. The average molecular weight is 749 g/mol. The van der Waals surface area contributed by atoms with Crippen molar-refractivity contribution in [3.8, 4) is 11.5 Å². The van der Waals surface area contributed by atoms with E-state index in [-0.39, 0.29) is 64.9 Å². The van der Waals surface area contributed by atoms with Crippen LogP contribution in [-0.2, 0) is 43.1 Å². The molecule has 3 aliphatic heterocycles. The molecule has 1 aromatic rings. The van der Waals surface area contributed by atoms with Gasteiger partial charge < -0.3 is 88.5 Å². The summed E-state index contributed by atoms with van der Waals surface area (Å²) in [6.07, 6.45) is -30.0. The summed E-state index contributed by atoms with van der Waals surface area (Å²) in [5, 5.41) is 95.3. The predicted octanol–water partition coefficient (Wildman–Crippen LogP) is -13.2. The summed E-state index contributed by atoms with van der Waals surface area (Å²) in [4.78, 5) is 11.4. The second-order valence-electron chi connectivity index (χ2n) is 10.6. The van der Waals surface area contributed by atoms with Gasteiger partial charge in [-0.1, -0.05) is 0 Å². The van der Waals surface area contributed by atoms with Gasteiger partial charge >= 0.3 is 59.1 Å². The zero-order chi connectivity index (χ0) is 34.8. The first kappa shape index (κ1) is 44.8. The summed E-state index contributed by atoms with van der Waals surface area (Å²) in [7, 11) is -3.90. The van der Waals surface area contributed by atoms with Gasteiger partial charge in [0, 0.05) is 0 Å². The number of benzene rings is 1. The third-order valence-corrected chi connectivity index (χ3v) is 7.96. The molecule has 0 saturated carbocycles. The van der Waals surface area contributed by atoms with Crippen molar-refractivity contribution in [2.45, 2.75) is 92.1 Å². The van der Waals surface area contributed by atoms with Gasteiger partial charge in [0.1, 0.15) is 84.7 Å². The van der Waals surface area contributed by atoms with Gasteiger partial charge in [0.05, 0.1) is 26.3 Å². The molecule has 15 atom stereocenters. The van der Waals surface area contributed by atoms with Gasteiger partial charge in [0.2, 0.25) is 16.7 Å². The fraction of sp³-hybridized carbons (Fsp3) is 0.720. The molecule has 1 aromatic carbocycles. The van der Waals surface area contributed by atoms with Crippen molar-refractivity contribution in [3.63, 3.8) is 0 Å². The Labute approximate surface area is 322 Å². The van der Waals surface area contributed by atoms with Crippen LogP contribution in [0.2, 0.25) is 0 Å². The minimum absolute atomic E-state index is 0. The molecule has 0 spiro atoms. The number of aliphatic hydroxyl groups is 8. The molecule has 0 radical (unpaired) electrons. The van der Waals surface area contributed by atoms with Crippen LogP contribution in [0.25, 0.3) is 0 Å². The normalized spacial score (nSPS) is 39.6. The molecule has 21 nitrogen and oxygen atoms in total. The second kappa shape index (κ2) is 19.1. The predicted molar refractivity (Wildman–Crippen MR) is 139 cm³/mol. The van der Waals surface area contributed by atoms with Crippen molar-refractivity contribution in [2.75, 3.05) is 20.3 Å². The molecule has 49 heavy (non-hydrogen) atoms. The topological polar surface area (TPSA) is 333 Å². The molecular weight excluding hydrogens is 714 g/mol. The molecule has 0 amide bonds. The number of carbonyl (C=O) groups excluding carboxylic acids is 1. The minimum Gasteiger partial charge on any atom is -0.726 e. The maximum Gasteiger partial charge on any atom is 1.00 e. The SMILES string of the molecule is COc1ccc(O[C@@H]2O[C@H](COS(=O)(=O)[O-])[C@H](O)[C@H](O[C@@H]3O[C@H](CO)[C@H](O)[C@H](O[C@@H]4O[C@H](C(=O)[O-])[C@@H](O)[C@H](O)[C@H]4O)[C@H]3O)[C@H]2O)cc1.[Na+].[Na+]. The second-order valence-corrected chi connectivity index (χ2v) is 11.7. The third-order valence-electron chi connectivity index (χ3n) is 7.54. The summed E-state index contributed by atoms with van der Waals surface area (Å²) in [6, 6.07) is 5.75. The van der Waals surface area contributed by atoms with Crippen molar-refractivity contribution < 1.29 is 160 Å². The fourth-order valence-corrected chi connectivity index (χ4v) is 5.33. The largest absolute Gasteiger partial charge is 1.00 e. The van der Waals surface area contributed by atoms with Crippen LogP contribution in [0.15, 0.2) is 24.3 Å². The first-order valence-corrected chi connectivity index (χ1v) is 15.2. The van der Waals surface area contributed by atoms with E-state index in [1.807, 2.05) is 0 Å². The number of ether oxygens (including phenoxy) is 7. The van der Waals surface area contributed by atoms with Crippen LogP contribution in [0.1, 0.15) is 0 Å². The number of aliphatic carboxylic acids is 1. The molecule has 3 saturated heterocycles. The van der Waals surface area contributed by atoms with Crippen molar-refractivity contribution in [1.82, 2.24) is 0 Å². The summed E-state index contributed by atoms with van der Waals surface area (Å²) in [6.45, 7) is -2.06. The molecular formula is C25H34Na2O21S. The first-order valence-electron chi connectivity index (χ1n) is 13.8. The number of carboxylic acid groups (broad SMARTS) is 1. The van der Waals surface area contributed by atoms with Gasteiger partial charge in [-0.05, 0) is 24.3 Å². The van der Waals surface area contributed by atoms with Crippen molar-refractivity contribution in [2.24, 2.45) is 0 Å². The molecule has 0 aromatic heterocycles. The van der Waals surface area contributed by atoms with E-state index >= 15 is 0 Å². The van der Waals surface area contributed by atoms with Crippen LogP contribution in [-0.4, -0.2) is 172 Å². The zero-order valence-corrected chi connectivity index (χ0v) is 31.0. The van der Waals surface area contributed by atoms with E-state index in [0.29, 0.717) is 5.75 Å². The molecule has 3 heterocycles. The van der Waals surface area contributed by atoms with Gasteiger partial charge in [-0.15, -0.1) is 0 Å². The van der Waals surface area contributed by atoms with E-state index in [1.165, 1.54) is 31.4 Å². The molecule has 8 N–H and O–H groups in total. The Morgan fingerprint density at radius 3 is 1.73 bits per heavy atom. The minimum atomic E-state index is -5.30. The number of hydrogen-bond donors (Lipinski definition) is 8. The molecule has 0 aliphatic carbocycles. The van der Waals surface area contributed by atoms with E-state index in [9.17, 15) is 63.7 Å². The van der Waals surface area contributed by atoms with Gasteiger partial charge in [0.15, 0.2) is 12.6 Å². The van der Waals surface area contributed by atoms with Gasteiger partial charge in [-0.25, -0.2) is 8.42 Å². The van der Waals surface area contributed by atoms with Crippen LogP contribution in [0.4, 0.5) is 0 Å². The average Bonchev–Trinajstić information content (AvgIpc) is 3.02. The van der Waals surface area contributed by atoms with E-state index in [1.54, 1.807) is 0 Å². The Morgan fingerprint density at radius 2 is 1.22 bits per heavy atom. The number of rotatable bonds is 12. The molecule has 0 bridgehead atoms. The van der Waals surface area contributed by atoms with E-state index in [2.05, 4.69) is 4.18 Å². The number of carbonyl (C=O) groups is 1. The Balaban J connectivity index is 0.00000417. The van der Waals surface area contributed by atoms with E-state index in [0.717, 1.165) is 0 Å². The Hall–Kier alpha value is -0.360. The maximum atomic E-state index is 11.4. The fourth-order valence-electron chi connectivity index (χ4n) is 5.03. The Bertz CT molecular complexity index is 1290. The summed E-state index contributed by atoms with van der Waals surface area (Å²) < 4.78 is 74.9. The van der Waals surface area contributed by atoms with Crippen LogP contribution in [0.5, 0.6) is 11.5 Å². The molecule has 4 rings (SSSR count). The number of aliphatic hydroxyl groups excluding tert-OH is 8. The number of methoxy groups -OCH3 is 1. The van der Waals surface area contributed by atoms with Gasteiger partial charge in [-0.3, -0.25) is 4.18 Å². The van der Waals surface area contributed by atoms with Crippen molar-refractivity contribution >= 4 is 16.4 Å². The Kier molecular flexibility index (Phi) is 17.5. The van der Waals surface area contributed by atoms with Crippen LogP contribution < -0.4 is 73.7 Å². The summed E-state index contributed by atoms with van der Waals surface area (Å²) >= 11 is 0. The van der Waals surface area contributed by atoms with Crippen molar-refractivity contribution in [1.29, 1.82) is 0 Å². The summed E-state index contributed by atoms with van der Waals surface area (Å²) in [5.74, 6) is -1.50. The molecule has 3 fully saturated rings. The monoisotopic (exact) mass is 748 g/mol. The van der Waals surface area contributed by atoms with Crippen LogP contribution >= 0.6 is 0 Å². The number of hydrogen-bond acceptors (Lipinski definition) is 21.